The van der Waals surface area contributed by atoms with Crippen molar-refractivity contribution in [2.24, 2.45) is 5.92 Å². The molecule has 1 saturated heterocycles. The zero-order valence-electron chi connectivity index (χ0n) is 9.89. The normalized spacial score (nSPS) is 23.6. The minimum atomic E-state index is -0.370. The van der Waals surface area contributed by atoms with E-state index in [1.54, 1.807) is 0 Å². The third-order valence-electron chi connectivity index (χ3n) is 2.90. The molecule has 1 aromatic rings. The number of rotatable bonds is 4. The van der Waals surface area contributed by atoms with Crippen molar-refractivity contribution in [3.05, 3.63) is 35.9 Å². The van der Waals surface area contributed by atoms with Gasteiger partial charge in [0.25, 0.3) is 5.91 Å². The van der Waals surface area contributed by atoms with E-state index in [0.29, 0.717) is 13.2 Å². The summed E-state index contributed by atoms with van der Waals surface area (Å²) in [4.78, 5) is 16.8. The minimum Gasteiger partial charge on any atom is -0.368 e. The van der Waals surface area contributed by atoms with E-state index in [4.69, 9.17) is 9.57 Å². The Kier molecular flexibility index (Phi) is 4.12. The third-order valence-corrected chi connectivity index (χ3v) is 2.90. The van der Waals surface area contributed by atoms with Crippen molar-refractivity contribution in [2.45, 2.75) is 26.1 Å². The smallest absolute Gasteiger partial charge is 0.272 e. The number of ether oxygens (including phenoxy) is 1. The lowest BCUT2D eigenvalue weighted by molar-refractivity contribution is -0.145. The van der Waals surface area contributed by atoms with Crippen LogP contribution in [-0.4, -0.2) is 18.6 Å². The highest BCUT2D eigenvalue weighted by Gasteiger charge is 2.30. The summed E-state index contributed by atoms with van der Waals surface area (Å²) in [5.41, 5.74) is 3.46. The number of hydrogen-bond acceptors (Lipinski definition) is 3. The van der Waals surface area contributed by atoms with Gasteiger partial charge in [-0.2, -0.15) is 0 Å². The standard InChI is InChI=1S/C13H17NO3/c1-10-7-8-16-12(10)13(15)14-17-9-11-5-3-2-4-6-11/h2-6,10,12H,7-9H2,1H3,(H,14,15). The lowest BCUT2D eigenvalue weighted by atomic mass is 10.0. The Morgan fingerprint density at radius 1 is 1.47 bits per heavy atom. The molecule has 0 aromatic heterocycles. The van der Waals surface area contributed by atoms with Gasteiger partial charge in [-0.15, -0.1) is 0 Å². The van der Waals surface area contributed by atoms with E-state index in [1.807, 2.05) is 37.3 Å². The van der Waals surface area contributed by atoms with Gasteiger partial charge >= 0.3 is 0 Å². The van der Waals surface area contributed by atoms with Gasteiger partial charge in [0.1, 0.15) is 6.10 Å². The predicted octanol–water partition coefficient (Wildman–Crippen LogP) is 1.66. The van der Waals surface area contributed by atoms with E-state index in [2.05, 4.69) is 5.48 Å². The summed E-state index contributed by atoms with van der Waals surface area (Å²) in [5, 5.41) is 0. The summed E-state index contributed by atoms with van der Waals surface area (Å²) in [5.74, 6) is 0.0706. The van der Waals surface area contributed by atoms with E-state index in [-0.39, 0.29) is 17.9 Å². The van der Waals surface area contributed by atoms with E-state index in [1.165, 1.54) is 0 Å². The molecule has 1 N–H and O–H groups in total. The van der Waals surface area contributed by atoms with Gasteiger partial charge in [-0.1, -0.05) is 37.3 Å². The molecule has 4 heteroatoms. The fourth-order valence-electron chi connectivity index (χ4n) is 1.85. The van der Waals surface area contributed by atoms with Gasteiger partial charge in [-0.05, 0) is 17.9 Å². The lowest BCUT2D eigenvalue weighted by Crippen LogP contribution is -2.37. The number of nitrogens with one attached hydrogen (secondary N) is 1. The Balaban J connectivity index is 1.73. The Morgan fingerprint density at radius 2 is 2.24 bits per heavy atom. The van der Waals surface area contributed by atoms with Crippen LogP contribution in [0.4, 0.5) is 0 Å². The number of amides is 1. The summed E-state index contributed by atoms with van der Waals surface area (Å²) in [6, 6.07) is 9.70. The van der Waals surface area contributed by atoms with Gasteiger partial charge in [0, 0.05) is 6.61 Å². The molecule has 1 amide bonds. The first kappa shape index (κ1) is 12.1. The van der Waals surface area contributed by atoms with Crippen molar-refractivity contribution in [2.75, 3.05) is 6.61 Å². The van der Waals surface area contributed by atoms with Crippen LogP contribution in [0.3, 0.4) is 0 Å². The van der Waals surface area contributed by atoms with Gasteiger partial charge in [-0.3, -0.25) is 9.63 Å². The van der Waals surface area contributed by atoms with Crippen LogP contribution in [0.25, 0.3) is 0 Å². The number of carbonyl (C=O) groups is 1. The summed E-state index contributed by atoms with van der Waals surface area (Å²) >= 11 is 0. The van der Waals surface area contributed by atoms with Crippen molar-refractivity contribution in [3.63, 3.8) is 0 Å². The number of hydroxylamine groups is 1. The average molecular weight is 235 g/mol. The van der Waals surface area contributed by atoms with E-state index in [9.17, 15) is 4.79 Å². The quantitative estimate of drug-likeness (QED) is 0.807. The minimum absolute atomic E-state index is 0.189. The van der Waals surface area contributed by atoms with Crippen LogP contribution < -0.4 is 5.48 Å². The summed E-state index contributed by atoms with van der Waals surface area (Å²) in [6.07, 6.45) is 0.558. The fourth-order valence-corrected chi connectivity index (χ4v) is 1.85. The first-order valence-electron chi connectivity index (χ1n) is 5.84. The fraction of sp³-hybridized carbons (Fsp3) is 0.462. The molecule has 1 fully saturated rings. The molecule has 0 aliphatic carbocycles. The van der Waals surface area contributed by atoms with Crippen molar-refractivity contribution >= 4 is 5.91 Å². The second-order valence-corrected chi connectivity index (χ2v) is 4.30. The molecule has 2 rings (SSSR count). The van der Waals surface area contributed by atoms with Crippen molar-refractivity contribution < 1.29 is 14.4 Å². The Bertz CT molecular complexity index is 366. The molecule has 17 heavy (non-hydrogen) atoms. The topological polar surface area (TPSA) is 47.6 Å². The van der Waals surface area contributed by atoms with Gasteiger partial charge < -0.3 is 4.74 Å². The predicted molar refractivity (Wildman–Crippen MR) is 62.9 cm³/mol. The molecular formula is C13H17NO3. The molecule has 2 unspecified atom stereocenters. The molecule has 2 atom stereocenters. The Morgan fingerprint density at radius 3 is 2.88 bits per heavy atom. The highest BCUT2D eigenvalue weighted by atomic mass is 16.7. The zero-order chi connectivity index (χ0) is 12.1. The Labute approximate surface area is 101 Å². The van der Waals surface area contributed by atoms with Crippen molar-refractivity contribution in [1.29, 1.82) is 0 Å². The molecule has 92 valence electrons. The molecular weight excluding hydrogens is 218 g/mol. The molecule has 1 heterocycles. The highest BCUT2D eigenvalue weighted by molar-refractivity contribution is 5.80. The zero-order valence-corrected chi connectivity index (χ0v) is 9.89. The number of carbonyl (C=O) groups excluding carboxylic acids is 1. The molecule has 0 radical (unpaired) electrons. The van der Waals surface area contributed by atoms with Crippen molar-refractivity contribution in [3.8, 4) is 0 Å². The first-order chi connectivity index (χ1) is 8.27. The molecule has 1 aromatic carbocycles. The third kappa shape index (κ3) is 3.28. The first-order valence-corrected chi connectivity index (χ1v) is 5.84. The molecule has 4 nitrogen and oxygen atoms in total. The number of benzene rings is 1. The van der Waals surface area contributed by atoms with Gasteiger partial charge in [-0.25, -0.2) is 5.48 Å². The SMILES string of the molecule is CC1CCOC1C(=O)NOCc1ccccc1. The van der Waals surface area contributed by atoms with E-state index in [0.717, 1.165) is 12.0 Å². The molecule has 1 aliphatic heterocycles. The monoisotopic (exact) mass is 235 g/mol. The largest absolute Gasteiger partial charge is 0.368 e. The second kappa shape index (κ2) is 5.80. The van der Waals surface area contributed by atoms with Crippen molar-refractivity contribution in [1.82, 2.24) is 5.48 Å². The van der Waals surface area contributed by atoms with Crippen LogP contribution in [0.2, 0.25) is 0 Å². The summed E-state index contributed by atoms with van der Waals surface area (Å²) in [6.45, 7) is 3.03. The maximum atomic E-state index is 11.7. The lowest BCUT2D eigenvalue weighted by Gasteiger charge is -2.14. The molecule has 0 saturated carbocycles. The molecule has 0 spiro atoms. The van der Waals surface area contributed by atoms with Crippen LogP contribution in [0.15, 0.2) is 30.3 Å². The number of hydrogen-bond donors (Lipinski definition) is 1. The average Bonchev–Trinajstić information content (AvgIpc) is 2.77. The van der Waals surface area contributed by atoms with E-state index >= 15 is 0 Å². The summed E-state index contributed by atoms with van der Waals surface area (Å²) in [7, 11) is 0. The maximum Gasteiger partial charge on any atom is 0.272 e. The van der Waals surface area contributed by atoms with Crippen LogP contribution >= 0.6 is 0 Å². The summed E-state index contributed by atoms with van der Waals surface area (Å²) < 4.78 is 5.34. The van der Waals surface area contributed by atoms with Gasteiger partial charge in [0.2, 0.25) is 0 Å². The highest BCUT2D eigenvalue weighted by Crippen LogP contribution is 2.19. The maximum absolute atomic E-state index is 11.7. The van der Waals surface area contributed by atoms with E-state index < -0.39 is 0 Å². The molecule has 0 bridgehead atoms. The Hall–Kier alpha value is -1.39. The van der Waals surface area contributed by atoms with Gasteiger partial charge in [0.15, 0.2) is 0 Å². The van der Waals surface area contributed by atoms with Gasteiger partial charge in [0.05, 0.1) is 6.61 Å². The van der Waals surface area contributed by atoms with Crippen LogP contribution in [0.1, 0.15) is 18.9 Å². The molecule has 1 aliphatic rings. The van der Waals surface area contributed by atoms with Crippen LogP contribution in [0, 0.1) is 5.92 Å². The second-order valence-electron chi connectivity index (χ2n) is 4.30. The van der Waals surface area contributed by atoms with Crippen LogP contribution in [0.5, 0.6) is 0 Å². The van der Waals surface area contributed by atoms with Crippen LogP contribution in [-0.2, 0) is 21.0 Å².